The average Bonchev–Trinajstić information content (AvgIpc) is 2.29. The second-order valence-electron chi connectivity index (χ2n) is 3.69. The summed E-state index contributed by atoms with van der Waals surface area (Å²) >= 11 is 3.09. The largest absolute Gasteiger partial charge is 0.466 e. The molecule has 0 radical (unpaired) electrons. The molecule has 0 aromatic carbocycles. The van der Waals surface area contributed by atoms with Crippen LogP contribution in [-0.2, 0) is 27.7 Å². The van der Waals surface area contributed by atoms with E-state index in [0.29, 0.717) is 0 Å². The van der Waals surface area contributed by atoms with Crippen LogP contribution in [0.15, 0.2) is 0 Å². The van der Waals surface area contributed by atoms with Crippen molar-refractivity contribution in [1.82, 2.24) is 0 Å². The highest BCUT2D eigenvalue weighted by Crippen LogP contribution is 2.63. The van der Waals surface area contributed by atoms with E-state index in [1.54, 1.807) is 20.8 Å². The highest BCUT2D eigenvalue weighted by Gasteiger charge is 2.37. The van der Waals surface area contributed by atoms with Gasteiger partial charge < -0.3 is 13.8 Å². The fraction of sp³-hybridized carbons (Fsp3) is 0.900. The zero-order valence-electron chi connectivity index (χ0n) is 11.5. The number of ether oxygens (including phenoxy) is 1. The molecule has 0 aromatic rings. The summed E-state index contributed by atoms with van der Waals surface area (Å²) in [6.45, 7) is 5.64. The lowest BCUT2D eigenvalue weighted by atomic mass is 10.8. The summed E-state index contributed by atoms with van der Waals surface area (Å²) in [5.74, 6) is -0.872. The predicted octanol–water partition coefficient (Wildman–Crippen LogP) is 3.49. The van der Waals surface area contributed by atoms with Gasteiger partial charge in [-0.15, -0.1) is 0 Å². The molecule has 0 N–H and O–H groups in total. The van der Waals surface area contributed by atoms with E-state index in [0.717, 1.165) is 0 Å². The van der Waals surface area contributed by atoms with Gasteiger partial charge in [-0.25, -0.2) is 0 Å². The first kappa shape index (κ1) is 19.3. The molecular weight excluding hydrogens is 358 g/mol. The molecule has 19 heavy (non-hydrogen) atoms. The van der Waals surface area contributed by atoms with Crippen LogP contribution in [0.3, 0.4) is 0 Å². The summed E-state index contributed by atoms with van der Waals surface area (Å²) in [7, 11) is -6.47. The molecule has 0 spiro atoms. The Morgan fingerprint density at radius 1 is 1.00 bits per heavy atom. The van der Waals surface area contributed by atoms with Crippen LogP contribution in [0.1, 0.15) is 20.8 Å². The Kier molecular flexibility index (Phi) is 9.46. The van der Waals surface area contributed by atoms with E-state index in [1.165, 1.54) is 0 Å². The third-order valence-corrected chi connectivity index (χ3v) is 10.3. The van der Waals surface area contributed by atoms with Gasteiger partial charge in [0.25, 0.3) is 0 Å². The Hall–Kier alpha value is 0.330. The van der Waals surface area contributed by atoms with E-state index in [2.05, 4.69) is 15.9 Å². The zero-order chi connectivity index (χ0) is 14.9. The van der Waals surface area contributed by atoms with Crippen molar-refractivity contribution >= 4 is 36.6 Å². The molecule has 114 valence electrons. The number of hydrogen-bond acceptors (Lipinski definition) is 6. The summed E-state index contributed by atoms with van der Waals surface area (Å²) in [6.07, 6.45) is -0.376. The number of alkyl halides is 1. The van der Waals surface area contributed by atoms with Crippen molar-refractivity contribution in [2.45, 2.75) is 20.8 Å². The van der Waals surface area contributed by atoms with Gasteiger partial charge in [-0.1, -0.05) is 15.9 Å². The highest BCUT2D eigenvalue weighted by molar-refractivity contribution is 9.10. The summed E-state index contributed by atoms with van der Waals surface area (Å²) in [5, 5.41) is 0.0771. The van der Waals surface area contributed by atoms with E-state index in [4.69, 9.17) is 13.8 Å². The van der Waals surface area contributed by atoms with E-state index < -0.39 is 20.7 Å². The molecule has 0 aliphatic rings. The van der Waals surface area contributed by atoms with Crippen LogP contribution in [0.5, 0.6) is 0 Å². The van der Waals surface area contributed by atoms with Gasteiger partial charge in [0.15, 0.2) is 0 Å². The Morgan fingerprint density at radius 2 is 1.53 bits per heavy atom. The normalized spacial score (nSPS) is 17.5. The van der Waals surface area contributed by atoms with E-state index in [1.807, 2.05) is 0 Å². The molecule has 2 unspecified atom stereocenters. The van der Waals surface area contributed by atoms with Crippen LogP contribution < -0.4 is 0 Å². The number of carbonyl (C=O) groups is 1. The zero-order valence-corrected chi connectivity index (χ0v) is 14.8. The summed E-state index contributed by atoms with van der Waals surface area (Å²) in [5.41, 5.74) is 0. The Labute approximate surface area is 122 Å². The smallest absolute Gasteiger partial charge is 0.315 e. The fourth-order valence-electron chi connectivity index (χ4n) is 1.45. The van der Waals surface area contributed by atoms with Gasteiger partial charge in [0.2, 0.25) is 14.7 Å². The topological polar surface area (TPSA) is 78.9 Å². The molecule has 0 fully saturated rings. The van der Waals surface area contributed by atoms with Crippen LogP contribution in [0, 0.1) is 0 Å². The SMILES string of the molecule is CCOC(=O)CP(=O)(CP(=O)(CBr)OCC)OCC. The highest BCUT2D eigenvalue weighted by atomic mass is 79.9. The summed E-state index contributed by atoms with van der Waals surface area (Å²) < 4.78 is 40.0. The van der Waals surface area contributed by atoms with Crippen molar-refractivity contribution in [3.05, 3.63) is 0 Å². The molecule has 0 amide bonds. The third kappa shape index (κ3) is 7.62. The second-order valence-corrected chi connectivity index (χ2v) is 10.7. The van der Waals surface area contributed by atoms with Crippen LogP contribution in [0.2, 0.25) is 0 Å². The maximum absolute atomic E-state index is 12.6. The molecule has 0 heterocycles. The number of rotatable bonds is 10. The lowest BCUT2D eigenvalue weighted by Crippen LogP contribution is -2.14. The molecule has 0 saturated carbocycles. The van der Waals surface area contributed by atoms with E-state index in [9.17, 15) is 13.9 Å². The number of carbonyl (C=O) groups excluding carboxylic acids is 1. The van der Waals surface area contributed by atoms with Gasteiger partial charge in [0.1, 0.15) is 12.1 Å². The Balaban J connectivity index is 4.92. The molecule has 6 nitrogen and oxygen atoms in total. The van der Waals surface area contributed by atoms with Crippen LogP contribution in [0.4, 0.5) is 0 Å². The monoisotopic (exact) mass is 378 g/mol. The average molecular weight is 379 g/mol. The van der Waals surface area contributed by atoms with E-state index >= 15 is 0 Å². The van der Waals surface area contributed by atoms with Crippen LogP contribution in [0.25, 0.3) is 0 Å². The minimum absolute atomic E-state index is 0.0771. The van der Waals surface area contributed by atoms with Crippen molar-refractivity contribution in [2.75, 3.05) is 37.0 Å². The summed E-state index contributed by atoms with van der Waals surface area (Å²) in [4.78, 5) is 11.4. The predicted molar refractivity (Wildman–Crippen MR) is 78.6 cm³/mol. The maximum atomic E-state index is 12.6. The standard InChI is InChI=1S/C10H21BrO6P2/c1-4-15-10(12)7-18(13,16-5-2)9-19(14,8-11)17-6-3/h4-9H2,1-3H3. The molecule has 0 bridgehead atoms. The lowest BCUT2D eigenvalue weighted by Gasteiger charge is -2.22. The summed E-state index contributed by atoms with van der Waals surface area (Å²) in [6, 6.07) is 0. The quantitative estimate of drug-likeness (QED) is 0.329. The molecular formula is C10H21BrO6P2. The van der Waals surface area contributed by atoms with Gasteiger partial charge in [0.05, 0.1) is 24.9 Å². The first-order valence-corrected chi connectivity index (χ1v) is 11.1. The van der Waals surface area contributed by atoms with Crippen LogP contribution in [-0.4, -0.2) is 42.9 Å². The molecule has 0 aliphatic carbocycles. The van der Waals surface area contributed by atoms with Crippen molar-refractivity contribution in [1.29, 1.82) is 0 Å². The Bertz CT molecular complexity index is 373. The maximum Gasteiger partial charge on any atom is 0.315 e. The number of esters is 1. The lowest BCUT2D eigenvalue weighted by molar-refractivity contribution is -0.140. The molecule has 0 aromatic heterocycles. The molecule has 0 aliphatic heterocycles. The molecule has 2 atom stereocenters. The first-order chi connectivity index (χ1) is 8.84. The van der Waals surface area contributed by atoms with Gasteiger partial charge in [0, 0.05) is 0 Å². The van der Waals surface area contributed by atoms with Gasteiger partial charge in [-0.2, -0.15) is 0 Å². The number of hydrogen-bond donors (Lipinski definition) is 0. The number of halogens is 1. The Morgan fingerprint density at radius 3 is 1.95 bits per heavy atom. The van der Waals surface area contributed by atoms with Gasteiger partial charge >= 0.3 is 5.97 Å². The fourth-order valence-corrected chi connectivity index (χ4v) is 8.88. The van der Waals surface area contributed by atoms with Gasteiger partial charge in [-0.3, -0.25) is 13.9 Å². The van der Waals surface area contributed by atoms with Gasteiger partial charge in [-0.05, 0) is 20.8 Å². The second kappa shape index (κ2) is 9.30. The van der Waals surface area contributed by atoms with Crippen LogP contribution >= 0.6 is 30.7 Å². The minimum atomic E-state index is -3.37. The molecule has 0 rings (SSSR count). The van der Waals surface area contributed by atoms with Crippen molar-refractivity contribution in [2.24, 2.45) is 0 Å². The van der Waals surface area contributed by atoms with Crippen molar-refractivity contribution < 1.29 is 27.7 Å². The van der Waals surface area contributed by atoms with E-state index in [-0.39, 0.29) is 37.0 Å². The first-order valence-electron chi connectivity index (χ1n) is 6.01. The van der Waals surface area contributed by atoms with Crippen molar-refractivity contribution in [3.63, 3.8) is 0 Å². The molecule has 9 heteroatoms. The third-order valence-electron chi connectivity index (χ3n) is 2.02. The minimum Gasteiger partial charge on any atom is -0.466 e. The molecule has 0 saturated heterocycles. The van der Waals surface area contributed by atoms with Crippen molar-refractivity contribution in [3.8, 4) is 0 Å².